The molecule has 6 heteroatoms. The highest BCUT2D eigenvalue weighted by molar-refractivity contribution is 9.10. The van der Waals surface area contributed by atoms with Crippen LogP contribution in [0.4, 0.5) is 0 Å². The number of fused-ring (bicyclic) bond motifs is 1. The SMILES string of the molecule is O=c1[nH]c(OCc2ccc(O)cc2)cc2c(Br)ccc(O)c12. The number of rotatable bonds is 3. The Hall–Kier alpha value is -2.47. The summed E-state index contributed by atoms with van der Waals surface area (Å²) in [6, 6.07) is 11.4. The van der Waals surface area contributed by atoms with Crippen molar-refractivity contribution in [2.24, 2.45) is 0 Å². The van der Waals surface area contributed by atoms with E-state index in [0.717, 1.165) is 5.56 Å². The summed E-state index contributed by atoms with van der Waals surface area (Å²) >= 11 is 3.36. The molecule has 0 atom stereocenters. The zero-order valence-electron chi connectivity index (χ0n) is 11.3. The Morgan fingerprint density at radius 1 is 1.09 bits per heavy atom. The molecule has 3 N–H and O–H groups in total. The lowest BCUT2D eigenvalue weighted by Crippen LogP contribution is -2.09. The monoisotopic (exact) mass is 361 g/mol. The van der Waals surface area contributed by atoms with Crippen LogP contribution in [0.3, 0.4) is 0 Å². The number of nitrogens with one attached hydrogen (secondary N) is 1. The van der Waals surface area contributed by atoms with Crippen LogP contribution in [0.5, 0.6) is 17.4 Å². The summed E-state index contributed by atoms with van der Waals surface area (Å²) in [6.07, 6.45) is 0. The molecule has 0 aliphatic heterocycles. The third kappa shape index (κ3) is 2.78. The highest BCUT2D eigenvalue weighted by atomic mass is 79.9. The van der Waals surface area contributed by atoms with Gasteiger partial charge in [-0.2, -0.15) is 0 Å². The second-order valence-electron chi connectivity index (χ2n) is 4.77. The van der Waals surface area contributed by atoms with Gasteiger partial charge in [-0.1, -0.05) is 28.1 Å². The smallest absolute Gasteiger partial charge is 0.262 e. The number of H-pyrrole nitrogens is 1. The number of aromatic hydroxyl groups is 2. The van der Waals surface area contributed by atoms with Crippen LogP contribution < -0.4 is 10.3 Å². The van der Waals surface area contributed by atoms with Gasteiger partial charge in [0.25, 0.3) is 5.56 Å². The van der Waals surface area contributed by atoms with E-state index in [9.17, 15) is 15.0 Å². The normalized spacial score (nSPS) is 10.8. The quantitative estimate of drug-likeness (QED) is 0.668. The number of phenolic OH excluding ortho intramolecular Hbond substituents is 2. The molecule has 0 saturated heterocycles. The predicted octanol–water partition coefficient (Wildman–Crippen LogP) is 3.28. The van der Waals surface area contributed by atoms with Gasteiger partial charge in [-0.05, 0) is 29.8 Å². The van der Waals surface area contributed by atoms with Gasteiger partial charge < -0.3 is 14.9 Å². The van der Waals surface area contributed by atoms with Crippen LogP contribution >= 0.6 is 15.9 Å². The Morgan fingerprint density at radius 2 is 1.82 bits per heavy atom. The Balaban J connectivity index is 1.93. The second kappa shape index (κ2) is 5.73. The first-order valence-electron chi connectivity index (χ1n) is 6.50. The maximum Gasteiger partial charge on any atom is 0.262 e. The third-order valence-electron chi connectivity index (χ3n) is 3.24. The zero-order chi connectivity index (χ0) is 15.7. The van der Waals surface area contributed by atoms with Gasteiger partial charge in [0.15, 0.2) is 5.88 Å². The lowest BCUT2D eigenvalue weighted by atomic mass is 10.1. The predicted molar refractivity (Wildman–Crippen MR) is 86.4 cm³/mol. The van der Waals surface area contributed by atoms with E-state index in [4.69, 9.17) is 4.74 Å². The van der Waals surface area contributed by atoms with Gasteiger partial charge in [0.1, 0.15) is 18.1 Å². The van der Waals surface area contributed by atoms with Gasteiger partial charge in [0.2, 0.25) is 0 Å². The van der Waals surface area contributed by atoms with E-state index >= 15 is 0 Å². The Bertz CT molecular complexity index is 887. The molecule has 0 amide bonds. The molecule has 0 unspecified atom stereocenters. The number of hydrogen-bond donors (Lipinski definition) is 3. The van der Waals surface area contributed by atoms with Crippen molar-refractivity contribution in [2.45, 2.75) is 6.61 Å². The summed E-state index contributed by atoms with van der Waals surface area (Å²) < 4.78 is 6.27. The number of aromatic nitrogens is 1. The van der Waals surface area contributed by atoms with Crippen LogP contribution in [0.25, 0.3) is 10.8 Å². The van der Waals surface area contributed by atoms with Crippen molar-refractivity contribution in [1.82, 2.24) is 4.98 Å². The van der Waals surface area contributed by atoms with Crippen LogP contribution in [0.15, 0.2) is 51.7 Å². The fourth-order valence-corrected chi connectivity index (χ4v) is 2.58. The van der Waals surface area contributed by atoms with Gasteiger partial charge in [-0.25, -0.2) is 0 Å². The fraction of sp³-hybridized carbons (Fsp3) is 0.0625. The highest BCUT2D eigenvalue weighted by Crippen LogP contribution is 2.30. The molecule has 2 aromatic carbocycles. The molecular weight excluding hydrogens is 350 g/mol. The third-order valence-corrected chi connectivity index (χ3v) is 3.93. The van der Waals surface area contributed by atoms with Crippen LogP contribution in [-0.4, -0.2) is 15.2 Å². The van der Waals surface area contributed by atoms with Crippen molar-refractivity contribution in [3.05, 3.63) is 62.9 Å². The lowest BCUT2D eigenvalue weighted by molar-refractivity contribution is 0.293. The number of phenols is 2. The molecule has 5 nitrogen and oxygen atoms in total. The molecule has 1 aromatic heterocycles. The van der Waals surface area contributed by atoms with Gasteiger partial charge in [-0.3, -0.25) is 9.78 Å². The first kappa shape index (κ1) is 14.5. The molecule has 0 aliphatic rings. The number of pyridine rings is 1. The van der Waals surface area contributed by atoms with Gasteiger partial charge >= 0.3 is 0 Å². The molecule has 0 saturated carbocycles. The van der Waals surface area contributed by atoms with Crippen LogP contribution in [0.2, 0.25) is 0 Å². The lowest BCUT2D eigenvalue weighted by Gasteiger charge is -2.09. The van der Waals surface area contributed by atoms with E-state index in [0.29, 0.717) is 15.7 Å². The topological polar surface area (TPSA) is 82.6 Å². The number of hydrogen-bond acceptors (Lipinski definition) is 4. The van der Waals surface area contributed by atoms with Crippen LogP contribution in [-0.2, 0) is 6.61 Å². The molecule has 3 aromatic rings. The van der Waals surface area contributed by atoms with Crippen molar-refractivity contribution in [2.75, 3.05) is 0 Å². The van der Waals surface area contributed by atoms with Crippen LogP contribution in [0.1, 0.15) is 5.56 Å². The fourth-order valence-electron chi connectivity index (χ4n) is 2.13. The van der Waals surface area contributed by atoms with E-state index in [-0.39, 0.29) is 23.5 Å². The average molecular weight is 362 g/mol. The van der Waals surface area contributed by atoms with E-state index in [2.05, 4.69) is 20.9 Å². The maximum atomic E-state index is 12.1. The Morgan fingerprint density at radius 3 is 2.55 bits per heavy atom. The van der Waals surface area contributed by atoms with Gasteiger partial charge in [-0.15, -0.1) is 0 Å². The molecule has 1 heterocycles. The minimum atomic E-state index is -0.419. The van der Waals surface area contributed by atoms with E-state index in [1.54, 1.807) is 36.4 Å². The molecule has 0 radical (unpaired) electrons. The van der Waals surface area contributed by atoms with Crippen molar-refractivity contribution >= 4 is 26.7 Å². The Labute approximate surface area is 133 Å². The summed E-state index contributed by atoms with van der Waals surface area (Å²) in [6.45, 7) is 0.248. The summed E-state index contributed by atoms with van der Waals surface area (Å²) in [5.41, 5.74) is 0.436. The van der Waals surface area contributed by atoms with Gasteiger partial charge in [0.05, 0.1) is 5.39 Å². The molecular formula is C16H12BrNO4. The molecule has 0 bridgehead atoms. The first-order chi connectivity index (χ1) is 10.5. The summed E-state index contributed by atoms with van der Waals surface area (Å²) in [5, 5.41) is 19.8. The van der Waals surface area contributed by atoms with E-state index in [1.807, 2.05) is 0 Å². The van der Waals surface area contributed by atoms with Crippen LogP contribution in [0, 0.1) is 0 Å². The Kier molecular flexibility index (Phi) is 3.77. The minimum Gasteiger partial charge on any atom is -0.508 e. The van der Waals surface area contributed by atoms with Crippen molar-refractivity contribution in [1.29, 1.82) is 0 Å². The highest BCUT2D eigenvalue weighted by Gasteiger charge is 2.10. The number of ether oxygens (including phenoxy) is 1. The first-order valence-corrected chi connectivity index (χ1v) is 7.29. The number of benzene rings is 2. The second-order valence-corrected chi connectivity index (χ2v) is 5.63. The molecule has 0 spiro atoms. The van der Waals surface area contributed by atoms with Gasteiger partial charge in [0, 0.05) is 15.9 Å². The molecule has 3 rings (SSSR count). The standard InChI is InChI=1S/C16H12BrNO4/c17-12-5-6-13(20)15-11(12)7-14(18-16(15)21)22-8-9-1-3-10(19)4-2-9/h1-7,19-20H,8H2,(H,18,21). The summed E-state index contributed by atoms with van der Waals surface area (Å²) in [4.78, 5) is 14.7. The molecule has 22 heavy (non-hydrogen) atoms. The number of aromatic amines is 1. The average Bonchev–Trinajstić information content (AvgIpc) is 2.50. The van der Waals surface area contributed by atoms with Crippen molar-refractivity contribution in [3.63, 3.8) is 0 Å². The van der Waals surface area contributed by atoms with E-state index < -0.39 is 5.56 Å². The maximum absolute atomic E-state index is 12.1. The molecule has 0 fully saturated rings. The molecule has 112 valence electrons. The largest absolute Gasteiger partial charge is 0.508 e. The summed E-state index contributed by atoms with van der Waals surface area (Å²) in [5.74, 6) is 0.406. The summed E-state index contributed by atoms with van der Waals surface area (Å²) in [7, 11) is 0. The van der Waals surface area contributed by atoms with Crippen molar-refractivity contribution < 1.29 is 14.9 Å². The van der Waals surface area contributed by atoms with Crippen molar-refractivity contribution in [3.8, 4) is 17.4 Å². The molecule has 0 aliphatic carbocycles. The number of halogens is 1. The minimum absolute atomic E-state index is 0.0791. The zero-order valence-corrected chi connectivity index (χ0v) is 12.9. The van der Waals surface area contributed by atoms with E-state index in [1.165, 1.54) is 6.07 Å².